The van der Waals surface area contributed by atoms with E-state index in [1.54, 1.807) is 0 Å². The molecule has 0 fully saturated rings. The summed E-state index contributed by atoms with van der Waals surface area (Å²) in [5.74, 6) is 0.501. The third-order valence-corrected chi connectivity index (χ3v) is 6.36. The summed E-state index contributed by atoms with van der Waals surface area (Å²) in [6.07, 6.45) is 0. The van der Waals surface area contributed by atoms with Gasteiger partial charge in [-0.1, -0.05) is 62.0 Å². The summed E-state index contributed by atoms with van der Waals surface area (Å²) in [5, 5.41) is 0.125. The molecule has 0 aliphatic carbocycles. The fourth-order valence-corrected chi connectivity index (χ4v) is 5.08. The zero-order valence-corrected chi connectivity index (χ0v) is 20.3. The average Bonchev–Trinajstić information content (AvgIpc) is 2.77. The van der Waals surface area contributed by atoms with Gasteiger partial charge in [0, 0.05) is 44.5 Å². The number of nitrogens with zero attached hydrogens (tertiary/aromatic N) is 1. The number of carbonyl (C=O) groups excluding carboxylic acids is 1. The number of fused-ring (bicyclic) bond motifs is 2. The molecule has 0 spiro atoms. The molecule has 0 radical (unpaired) electrons. The van der Waals surface area contributed by atoms with Gasteiger partial charge in [0.1, 0.15) is 15.0 Å². The van der Waals surface area contributed by atoms with Crippen molar-refractivity contribution >= 4 is 58.7 Å². The van der Waals surface area contributed by atoms with E-state index in [0.29, 0.717) is 0 Å². The first kappa shape index (κ1) is 22.1. The van der Waals surface area contributed by atoms with Gasteiger partial charge < -0.3 is 9.08 Å². The molecule has 1 heterocycles. The van der Waals surface area contributed by atoms with E-state index in [-0.39, 0.29) is 11.0 Å². The Morgan fingerprint density at radius 1 is 0.897 bits per heavy atom. The Morgan fingerprint density at radius 3 is 1.93 bits per heavy atom. The van der Waals surface area contributed by atoms with Crippen LogP contribution >= 0.6 is 42.2 Å². The van der Waals surface area contributed by atoms with Gasteiger partial charge in [0.25, 0.3) is 0 Å². The van der Waals surface area contributed by atoms with Gasteiger partial charge in [0.2, 0.25) is 5.12 Å². The maximum Gasteiger partial charge on any atom is 0.205 e. The van der Waals surface area contributed by atoms with Gasteiger partial charge in [-0.15, -0.1) is 0 Å². The van der Waals surface area contributed by atoms with Gasteiger partial charge in [-0.3, -0.25) is 4.79 Å². The van der Waals surface area contributed by atoms with Crippen molar-refractivity contribution in [2.24, 2.45) is 0 Å². The van der Waals surface area contributed by atoms with E-state index >= 15 is 0 Å². The van der Waals surface area contributed by atoms with Crippen LogP contribution in [0.2, 0.25) is 0 Å². The molecule has 0 unspecified atom stereocenters. The zero-order valence-electron chi connectivity index (χ0n) is 16.5. The summed E-state index contributed by atoms with van der Waals surface area (Å²) in [5.41, 5.74) is 4.27. The second kappa shape index (κ2) is 10.4. The van der Waals surface area contributed by atoms with Crippen LogP contribution < -0.4 is 9.08 Å². The lowest BCUT2D eigenvalue weighted by Gasteiger charge is -2.34. The maximum atomic E-state index is 13.3. The zero-order chi connectivity index (χ0) is 20.8. The predicted molar refractivity (Wildman–Crippen MR) is 134 cm³/mol. The number of thioether (sulfide) groups is 1. The highest BCUT2D eigenvalue weighted by Gasteiger charge is 2.33. The Morgan fingerprint density at radius 2 is 1.41 bits per heavy atom. The van der Waals surface area contributed by atoms with Gasteiger partial charge in [-0.2, -0.15) is 0 Å². The van der Waals surface area contributed by atoms with Gasteiger partial charge in [0.05, 0.1) is 5.92 Å². The van der Waals surface area contributed by atoms with Gasteiger partial charge in [-0.25, -0.2) is 0 Å². The van der Waals surface area contributed by atoms with E-state index in [1.165, 1.54) is 21.0 Å². The molecular formula is C23H22INO2S2. The van der Waals surface area contributed by atoms with E-state index in [1.807, 2.05) is 62.4 Å². The van der Waals surface area contributed by atoms with Crippen LogP contribution in [0.3, 0.4) is 0 Å². The molecule has 0 bridgehead atoms. The van der Waals surface area contributed by atoms with Gasteiger partial charge in [-0.05, 0) is 47.5 Å². The van der Waals surface area contributed by atoms with Crippen LogP contribution in [-0.4, -0.2) is 12.2 Å². The van der Waals surface area contributed by atoms with Crippen molar-refractivity contribution in [2.75, 3.05) is 11.9 Å². The Hall–Kier alpha value is -1.64. The van der Waals surface area contributed by atoms with Crippen molar-refractivity contribution in [1.29, 1.82) is 0 Å². The van der Waals surface area contributed by atoms with E-state index < -0.39 is 0 Å². The SMILES string of the molecule is CC.CN1c2ccccc2C(C(=O)Sc2ccc(OSI)cc2)c2ccccc21. The first-order chi connectivity index (χ1) is 14.2. The van der Waals surface area contributed by atoms with Crippen molar-refractivity contribution < 1.29 is 8.98 Å². The second-order valence-corrected chi connectivity index (χ2v) is 8.60. The quantitative estimate of drug-likeness (QED) is 0.195. The second-order valence-electron chi connectivity index (χ2n) is 6.15. The molecule has 1 aliphatic rings. The van der Waals surface area contributed by atoms with Crippen molar-refractivity contribution in [3.05, 3.63) is 83.9 Å². The lowest BCUT2D eigenvalue weighted by atomic mass is 9.86. The molecule has 150 valence electrons. The van der Waals surface area contributed by atoms with E-state index in [2.05, 4.69) is 57.4 Å². The Labute approximate surface area is 193 Å². The third kappa shape index (κ3) is 4.75. The van der Waals surface area contributed by atoms with Crippen LogP contribution in [0.25, 0.3) is 0 Å². The summed E-state index contributed by atoms with van der Waals surface area (Å²) in [6.45, 7) is 4.00. The van der Waals surface area contributed by atoms with Crippen LogP contribution in [-0.2, 0) is 4.79 Å². The highest BCUT2D eigenvalue weighted by molar-refractivity contribution is 14.2. The average molecular weight is 535 g/mol. The highest BCUT2D eigenvalue weighted by Crippen LogP contribution is 2.47. The Bertz CT molecular complexity index is 931. The van der Waals surface area contributed by atoms with Crippen molar-refractivity contribution in [1.82, 2.24) is 0 Å². The molecular weight excluding hydrogens is 513 g/mol. The maximum absolute atomic E-state index is 13.3. The Kier molecular flexibility index (Phi) is 7.91. The van der Waals surface area contributed by atoms with E-state index in [0.717, 1.165) is 33.1 Å². The van der Waals surface area contributed by atoms with Crippen LogP contribution in [0.15, 0.2) is 77.7 Å². The summed E-state index contributed by atoms with van der Waals surface area (Å²) in [4.78, 5) is 16.4. The van der Waals surface area contributed by atoms with Crippen LogP contribution in [0, 0.1) is 0 Å². The Balaban J connectivity index is 0.00000117. The summed E-state index contributed by atoms with van der Waals surface area (Å²) in [6, 6.07) is 23.9. The number of hydrogen-bond donors (Lipinski definition) is 0. The van der Waals surface area contributed by atoms with Crippen molar-refractivity contribution in [3.8, 4) is 5.75 Å². The summed E-state index contributed by atoms with van der Waals surface area (Å²) in [7, 11) is 3.32. The molecule has 3 aromatic carbocycles. The molecule has 0 aromatic heterocycles. The topological polar surface area (TPSA) is 29.5 Å². The molecule has 0 N–H and O–H groups in total. The largest absolute Gasteiger partial charge is 0.415 e. The number of carbonyl (C=O) groups is 1. The number of benzene rings is 3. The number of anilines is 2. The third-order valence-electron chi connectivity index (χ3n) is 4.62. The molecule has 0 saturated carbocycles. The number of halogens is 1. The minimum Gasteiger partial charge on any atom is -0.415 e. The van der Waals surface area contributed by atoms with Gasteiger partial charge >= 0.3 is 0 Å². The molecule has 0 saturated heterocycles. The lowest BCUT2D eigenvalue weighted by molar-refractivity contribution is -0.111. The molecule has 4 rings (SSSR count). The van der Waals surface area contributed by atoms with E-state index in [4.69, 9.17) is 4.18 Å². The van der Waals surface area contributed by atoms with Crippen LogP contribution in [0.5, 0.6) is 5.75 Å². The molecule has 0 amide bonds. The molecule has 29 heavy (non-hydrogen) atoms. The molecule has 3 nitrogen and oxygen atoms in total. The standard InChI is InChI=1S/C21H16INO2S2.C2H6/c1-23-18-8-4-2-6-16(18)20(17-7-3-5-9-19(17)23)21(24)26-15-12-10-14(11-13-15)25-27-22;1-2/h2-13,20H,1H3;1-2H3. The summed E-state index contributed by atoms with van der Waals surface area (Å²) >= 11 is 3.37. The fourth-order valence-electron chi connectivity index (χ4n) is 3.40. The molecule has 3 aromatic rings. The molecule has 0 atom stereocenters. The number of para-hydroxylation sites is 2. The predicted octanol–water partition coefficient (Wildman–Crippen LogP) is 7.62. The normalized spacial score (nSPS) is 12.3. The summed E-state index contributed by atoms with van der Waals surface area (Å²) < 4.78 is 5.39. The minimum absolute atomic E-state index is 0.125. The van der Waals surface area contributed by atoms with Crippen LogP contribution in [0.4, 0.5) is 11.4 Å². The van der Waals surface area contributed by atoms with Crippen LogP contribution in [0.1, 0.15) is 30.9 Å². The first-order valence-electron chi connectivity index (χ1n) is 9.37. The first-order valence-corrected chi connectivity index (χ1v) is 13.5. The van der Waals surface area contributed by atoms with E-state index in [9.17, 15) is 4.79 Å². The minimum atomic E-state index is -0.278. The van der Waals surface area contributed by atoms with Crippen molar-refractivity contribution in [3.63, 3.8) is 0 Å². The highest BCUT2D eigenvalue weighted by atomic mass is 127. The fraction of sp³-hybridized carbons (Fsp3) is 0.174. The van der Waals surface area contributed by atoms with Gasteiger partial charge in [0.15, 0.2) is 0 Å². The van der Waals surface area contributed by atoms with Crippen molar-refractivity contribution in [2.45, 2.75) is 24.7 Å². The molecule has 1 aliphatic heterocycles. The smallest absolute Gasteiger partial charge is 0.205 e. The number of hydrogen-bond acceptors (Lipinski definition) is 5. The monoisotopic (exact) mass is 535 g/mol. The molecule has 6 heteroatoms. The lowest BCUT2D eigenvalue weighted by Crippen LogP contribution is -2.24. The number of rotatable bonds is 4.